The first-order valence-corrected chi connectivity index (χ1v) is 12.7. The molecule has 1 aromatic rings. The summed E-state index contributed by atoms with van der Waals surface area (Å²) in [6, 6.07) is 8.44. The van der Waals surface area contributed by atoms with E-state index in [1.54, 1.807) is 0 Å². The quantitative estimate of drug-likeness (QED) is 0.725. The van der Waals surface area contributed by atoms with Crippen LogP contribution >= 0.6 is 0 Å². The SMILES string of the molecule is C=C(C1CCC1)N1CCC(NS(C)(=O)=O)C1Cc1cccc(C#CC2(C)CC2)c1. The molecule has 0 radical (unpaired) electrons. The molecule has 0 spiro atoms. The fourth-order valence-corrected chi connectivity index (χ4v) is 5.23. The molecule has 1 aliphatic heterocycles. The van der Waals surface area contributed by atoms with Gasteiger partial charge in [0.05, 0.1) is 6.26 Å². The van der Waals surface area contributed by atoms with Gasteiger partial charge in [-0.15, -0.1) is 0 Å². The molecule has 1 heterocycles. The van der Waals surface area contributed by atoms with E-state index in [4.69, 9.17) is 0 Å². The number of hydrogen-bond acceptors (Lipinski definition) is 3. The number of sulfonamides is 1. The van der Waals surface area contributed by atoms with Crippen LogP contribution in [0.1, 0.15) is 56.6 Å². The van der Waals surface area contributed by atoms with Gasteiger partial charge in [-0.3, -0.25) is 0 Å². The van der Waals surface area contributed by atoms with Crippen LogP contribution in [0, 0.1) is 23.2 Å². The number of nitrogens with one attached hydrogen (secondary N) is 1. The summed E-state index contributed by atoms with van der Waals surface area (Å²) in [4.78, 5) is 2.37. The van der Waals surface area contributed by atoms with Gasteiger partial charge in [0.2, 0.25) is 10.0 Å². The normalized spacial score (nSPS) is 25.8. The van der Waals surface area contributed by atoms with E-state index in [-0.39, 0.29) is 17.5 Å². The van der Waals surface area contributed by atoms with Crippen molar-refractivity contribution in [3.05, 3.63) is 47.7 Å². The van der Waals surface area contributed by atoms with E-state index in [1.807, 2.05) is 0 Å². The molecule has 2 saturated carbocycles. The molecule has 2 atom stereocenters. The summed E-state index contributed by atoms with van der Waals surface area (Å²) in [5, 5.41) is 0. The molecule has 29 heavy (non-hydrogen) atoms. The highest BCUT2D eigenvalue weighted by Crippen LogP contribution is 2.44. The van der Waals surface area contributed by atoms with Gasteiger partial charge in [-0.1, -0.05) is 37.0 Å². The second-order valence-electron chi connectivity index (χ2n) is 9.38. The lowest BCUT2D eigenvalue weighted by Crippen LogP contribution is -2.46. The minimum Gasteiger partial charge on any atom is -0.370 e. The Bertz CT molecular complexity index is 949. The topological polar surface area (TPSA) is 49.4 Å². The van der Waals surface area contributed by atoms with Crippen LogP contribution in [0.5, 0.6) is 0 Å². The van der Waals surface area contributed by atoms with Gasteiger partial charge in [-0.25, -0.2) is 13.1 Å². The third kappa shape index (κ3) is 5.05. The second-order valence-corrected chi connectivity index (χ2v) is 11.2. The van der Waals surface area contributed by atoms with Gasteiger partial charge >= 0.3 is 0 Å². The fraction of sp³-hybridized carbons (Fsp3) is 0.583. The molecule has 5 heteroatoms. The maximum atomic E-state index is 11.9. The summed E-state index contributed by atoms with van der Waals surface area (Å²) in [7, 11) is -3.25. The van der Waals surface area contributed by atoms with E-state index in [0.717, 1.165) is 24.9 Å². The summed E-state index contributed by atoms with van der Waals surface area (Å²) >= 11 is 0. The molecule has 4 rings (SSSR count). The summed E-state index contributed by atoms with van der Waals surface area (Å²) < 4.78 is 26.7. The lowest BCUT2D eigenvalue weighted by Gasteiger charge is -2.38. The molecule has 3 aliphatic rings. The number of benzene rings is 1. The monoisotopic (exact) mass is 412 g/mol. The predicted octanol–water partition coefficient (Wildman–Crippen LogP) is 3.69. The number of likely N-dealkylation sites (tertiary alicyclic amines) is 1. The van der Waals surface area contributed by atoms with Crippen LogP contribution in [0.25, 0.3) is 0 Å². The summed E-state index contributed by atoms with van der Waals surface area (Å²) in [5.41, 5.74) is 3.65. The van der Waals surface area contributed by atoms with Crippen LogP contribution in [0.4, 0.5) is 0 Å². The van der Waals surface area contributed by atoms with Gasteiger partial charge in [-0.2, -0.15) is 0 Å². The molecule has 4 nitrogen and oxygen atoms in total. The molecule has 1 N–H and O–H groups in total. The Balaban J connectivity index is 1.54. The van der Waals surface area contributed by atoms with Gasteiger partial charge in [0.25, 0.3) is 0 Å². The average molecular weight is 413 g/mol. The van der Waals surface area contributed by atoms with Gasteiger partial charge in [0.15, 0.2) is 0 Å². The van der Waals surface area contributed by atoms with Crippen molar-refractivity contribution in [3.8, 4) is 11.8 Å². The van der Waals surface area contributed by atoms with Crippen molar-refractivity contribution in [3.63, 3.8) is 0 Å². The lowest BCUT2D eigenvalue weighted by atomic mass is 9.82. The highest BCUT2D eigenvalue weighted by atomic mass is 32.2. The van der Waals surface area contributed by atoms with Gasteiger partial charge in [0.1, 0.15) is 0 Å². The van der Waals surface area contributed by atoms with Gasteiger partial charge < -0.3 is 4.90 Å². The first kappa shape index (κ1) is 20.5. The number of nitrogens with zero attached hydrogens (tertiary/aromatic N) is 1. The Morgan fingerprint density at radius 2 is 2.07 bits per heavy atom. The van der Waals surface area contributed by atoms with E-state index >= 15 is 0 Å². The van der Waals surface area contributed by atoms with E-state index in [9.17, 15) is 8.42 Å². The zero-order valence-corrected chi connectivity index (χ0v) is 18.4. The second kappa shape index (κ2) is 7.81. The third-order valence-electron chi connectivity index (χ3n) is 6.74. The van der Waals surface area contributed by atoms with Crippen molar-refractivity contribution in [1.82, 2.24) is 9.62 Å². The number of allylic oxidation sites excluding steroid dienone is 1. The van der Waals surface area contributed by atoms with Crippen molar-refractivity contribution in [2.75, 3.05) is 12.8 Å². The van der Waals surface area contributed by atoms with Crippen LogP contribution < -0.4 is 4.72 Å². The van der Waals surface area contributed by atoms with Gasteiger partial charge in [0, 0.05) is 35.3 Å². The van der Waals surface area contributed by atoms with Crippen LogP contribution in [-0.4, -0.2) is 38.2 Å². The Labute approximate surface area is 175 Å². The van der Waals surface area contributed by atoms with E-state index in [1.165, 1.54) is 49.6 Å². The first-order valence-electron chi connectivity index (χ1n) is 10.8. The smallest absolute Gasteiger partial charge is 0.209 e. The Morgan fingerprint density at radius 3 is 2.69 bits per heavy atom. The van der Waals surface area contributed by atoms with E-state index < -0.39 is 10.0 Å². The summed E-state index contributed by atoms with van der Waals surface area (Å²) in [6.07, 6.45) is 8.94. The zero-order chi connectivity index (χ0) is 20.6. The van der Waals surface area contributed by atoms with Gasteiger partial charge in [-0.05, 0) is 69.1 Å². The Kier molecular flexibility index (Phi) is 5.52. The maximum absolute atomic E-state index is 11.9. The highest BCUT2D eigenvalue weighted by molar-refractivity contribution is 7.88. The fourth-order valence-electron chi connectivity index (χ4n) is 4.40. The molecular weight excluding hydrogens is 380 g/mol. The molecule has 2 aliphatic carbocycles. The molecule has 3 fully saturated rings. The molecule has 2 unspecified atom stereocenters. The maximum Gasteiger partial charge on any atom is 0.209 e. The minimum absolute atomic E-state index is 0.0815. The van der Waals surface area contributed by atoms with Crippen molar-refractivity contribution in [2.24, 2.45) is 11.3 Å². The Morgan fingerprint density at radius 1 is 1.31 bits per heavy atom. The van der Waals surface area contributed by atoms with Crippen LogP contribution in [-0.2, 0) is 16.4 Å². The highest BCUT2D eigenvalue weighted by Gasteiger charge is 2.39. The summed E-state index contributed by atoms with van der Waals surface area (Å²) in [5.74, 6) is 7.30. The van der Waals surface area contributed by atoms with Crippen LogP contribution in [0.2, 0.25) is 0 Å². The van der Waals surface area contributed by atoms with Crippen LogP contribution in [0.3, 0.4) is 0 Å². The largest absolute Gasteiger partial charge is 0.370 e. The molecule has 0 amide bonds. The molecular formula is C24H32N2O2S. The van der Waals surface area contributed by atoms with Crippen LogP contribution in [0.15, 0.2) is 36.5 Å². The molecule has 1 saturated heterocycles. The summed E-state index contributed by atoms with van der Waals surface area (Å²) in [6.45, 7) is 7.47. The molecule has 0 aromatic heterocycles. The standard InChI is InChI=1S/C24H32N2O2S/c1-18(21-8-5-9-21)26-15-11-22(25-29(3,27)28)23(26)17-20-7-4-6-19(16-20)10-12-24(2)13-14-24/h4,6-7,16,21-23,25H,1,5,8-9,11,13-15,17H2,2-3H3. The first-order chi connectivity index (χ1) is 13.7. The minimum atomic E-state index is -3.25. The van der Waals surface area contributed by atoms with E-state index in [2.05, 4.69) is 59.2 Å². The van der Waals surface area contributed by atoms with Crippen molar-refractivity contribution >= 4 is 10.0 Å². The number of rotatable bonds is 6. The molecule has 1 aromatic carbocycles. The average Bonchev–Trinajstić information content (AvgIpc) is 3.22. The predicted molar refractivity (Wildman–Crippen MR) is 118 cm³/mol. The van der Waals surface area contributed by atoms with E-state index in [0.29, 0.717) is 5.92 Å². The third-order valence-corrected chi connectivity index (χ3v) is 7.47. The molecule has 156 valence electrons. The van der Waals surface area contributed by atoms with Crippen molar-refractivity contribution in [1.29, 1.82) is 0 Å². The number of hydrogen-bond donors (Lipinski definition) is 1. The van der Waals surface area contributed by atoms with Crippen molar-refractivity contribution in [2.45, 2.75) is 64.0 Å². The Hall–Kier alpha value is -1.77. The zero-order valence-electron chi connectivity index (χ0n) is 17.6. The lowest BCUT2D eigenvalue weighted by molar-refractivity contribution is 0.225. The van der Waals surface area contributed by atoms with Crippen molar-refractivity contribution < 1.29 is 8.42 Å². The molecule has 0 bridgehead atoms.